The van der Waals surface area contributed by atoms with Gasteiger partial charge in [0.15, 0.2) is 0 Å². The van der Waals surface area contributed by atoms with Gasteiger partial charge in [0.25, 0.3) is 5.91 Å². The Balaban J connectivity index is 1.82. The second-order valence-corrected chi connectivity index (χ2v) is 6.41. The molecule has 3 rings (SSSR count). The predicted octanol–water partition coefficient (Wildman–Crippen LogP) is 1.95. The number of aromatic nitrogens is 2. The summed E-state index contributed by atoms with van der Waals surface area (Å²) in [5, 5.41) is 19.6. The number of hydrogen-bond acceptors (Lipinski definition) is 5. The van der Waals surface area contributed by atoms with Crippen LogP contribution in [0.2, 0.25) is 0 Å². The van der Waals surface area contributed by atoms with Gasteiger partial charge in [-0.1, -0.05) is 0 Å². The van der Waals surface area contributed by atoms with Crippen LogP contribution in [-0.2, 0) is 0 Å². The number of carbonyl (C=O) groups excluding carboxylic acids is 1. The summed E-state index contributed by atoms with van der Waals surface area (Å²) < 4.78 is 0. The number of anilines is 1. The fraction of sp³-hybridized carbons (Fsp3) is 0.429. The average Bonchev–Trinajstić information content (AvgIpc) is 3.10. The smallest absolute Gasteiger partial charge is 0.260 e. The molecular weight excluding hydrogens is 288 g/mol. The Morgan fingerprint density at radius 2 is 2.19 bits per heavy atom. The topological polar surface area (TPSA) is 104 Å². The summed E-state index contributed by atoms with van der Waals surface area (Å²) in [5.74, 6) is -0.423. The van der Waals surface area contributed by atoms with Crippen molar-refractivity contribution in [2.24, 2.45) is 5.73 Å². The lowest BCUT2D eigenvalue weighted by Gasteiger charge is -2.26. The van der Waals surface area contributed by atoms with E-state index in [4.69, 9.17) is 5.73 Å². The third-order valence-corrected chi connectivity index (χ3v) is 4.99. The summed E-state index contributed by atoms with van der Waals surface area (Å²) >= 11 is 1.37. The van der Waals surface area contributed by atoms with Gasteiger partial charge in [0.2, 0.25) is 0 Å². The van der Waals surface area contributed by atoms with Crippen molar-refractivity contribution in [3.8, 4) is 10.4 Å². The fourth-order valence-corrected chi connectivity index (χ4v) is 3.60. The van der Waals surface area contributed by atoms with Crippen LogP contribution < -0.4 is 11.1 Å². The maximum atomic E-state index is 11.6. The van der Waals surface area contributed by atoms with Crippen LogP contribution in [0.25, 0.3) is 10.4 Å². The van der Waals surface area contributed by atoms with Gasteiger partial charge in [-0.25, -0.2) is 0 Å². The number of nitrogens with zero attached hydrogens (tertiary/aromatic N) is 1. The van der Waals surface area contributed by atoms with E-state index in [1.54, 1.807) is 12.4 Å². The Hall–Kier alpha value is -1.86. The van der Waals surface area contributed by atoms with E-state index in [0.29, 0.717) is 4.88 Å². The van der Waals surface area contributed by atoms with Crippen molar-refractivity contribution in [2.45, 2.75) is 37.8 Å². The quantitative estimate of drug-likeness (QED) is 0.693. The van der Waals surface area contributed by atoms with Crippen molar-refractivity contribution in [3.63, 3.8) is 0 Å². The SMILES string of the molecule is NC(=O)c1sc(-c2cn[nH]c2)cc1NC1CCC(O)CC1. The minimum atomic E-state index is -0.423. The fourth-order valence-electron chi connectivity index (χ4n) is 2.65. The number of thiophene rings is 1. The van der Waals surface area contributed by atoms with Gasteiger partial charge in [-0.15, -0.1) is 11.3 Å². The number of primary amides is 1. The summed E-state index contributed by atoms with van der Waals surface area (Å²) in [4.78, 5) is 13.1. The molecule has 1 amide bonds. The molecule has 1 fully saturated rings. The first kappa shape index (κ1) is 14.1. The van der Waals surface area contributed by atoms with E-state index in [1.165, 1.54) is 11.3 Å². The van der Waals surface area contributed by atoms with Gasteiger partial charge >= 0.3 is 0 Å². The molecule has 5 N–H and O–H groups in total. The van der Waals surface area contributed by atoms with Crippen molar-refractivity contribution in [1.82, 2.24) is 10.2 Å². The van der Waals surface area contributed by atoms with E-state index in [9.17, 15) is 9.90 Å². The summed E-state index contributed by atoms with van der Waals surface area (Å²) in [6, 6.07) is 2.22. The molecule has 1 aliphatic rings. The number of rotatable bonds is 4. The van der Waals surface area contributed by atoms with Gasteiger partial charge in [-0.05, 0) is 31.7 Å². The molecule has 0 atom stereocenters. The van der Waals surface area contributed by atoms with Crippen LogP contribution in [0.3, 0.4) is 0 Å². The van der Waals surface area contributed by atoms with Crippen molar-refractivity contribution >= 4 is 22.9 Å². The van der Waals surface area contributed by atoms with Crippen LogP contribution in [0, 0.1) is 0 Å². The molecule has 0 aliphatic heterocycles. The monoisotopic (exact) mass is 306 g/mol. The molecule has 0 unspecified atom stereocenters. The Kier molecular flexibility index (Phi) is 3.94. The maximum Gasteiger partial charge on any atom is 0.260 e. The second kappa shape index (κ2) is 5.87. The molecule has 2 heterocycles. The third kappa shape index (κ3) is 3.08. The van der Waals surface area contributed by atoms with E-state index in [-0.39, 0.29) is 12.1 Å². The van der Waals surface area contributed by atoms with E-state index in [2.05, 4.69) is 15.5 Å². The van der Waals surface area contributed by atoms with E-state index in [1.807, 2.05) is 6.07 Å². The molecule has 1 saturated carbocycles. The van der Waals surface area contributed by atoms with Crippen LogP contribution in [0.1, 0.15) is 35.4 Å². The van der Waals surface area contributed by atoms with Crippen LogP contribution in [0.4, 0.5) is 5.69 Å². The molecule has 2 aromatic rings. The maximum absolute atomic E-state index is 11.6. The van der Waals surface area contributed by atoms with Gasteiger partial charge < -0.3 is 16.2 Å². The summed E-state index contributed by atoms with van der Waals surface area (Å²) in [6.45, 7) is 0. The lowest BCUT2D eigenvalue weighted by molar-refractivity contribution is 0.100. The molecule has 112 valence electrons. The number of nitrogens with two attached hydrogens (primary N) is 1. The first-order chi connectivity index (χ1) is 10.1. The zero-order valence-corrected chi connectivity index (χ0v) is 12.3. The number of nitrogens with one attached hydrogen (secondary N) is 2. The summed E-state index contributed by atoms with van der Waals surface area (Å²) in [5.41, 5.74) is 7.20. The highest BCUT2D eigenvalue weighted by Crippen LogP contribution is 2.35. The number of aliphatic hydroxyl groups is 1. The number of H-pyrrole nitrogens is 1. The molecule has 21 heavy (non-hydrogen) atoms. The van der Waals surface area contributed by atoms with Crippen LogP contribution in [0.5, 0.6) is 0 Å². The van der Waals surface area contributed by atoms with Gasteiger partial charge in [-0.2, -0.15) is 5.10 Å². The molecule has 1 aliphatic carbocycles. The van der Waals surface area contributed by atoms with Gasteiger partial charge in [0.1, 0.15) is 4.88 Å². The number of hydrogen-bond donors (Lipinski definition) is 4. The van der Waals surface area contributed by atoms with E-state index >= 15 is 0 Å². The first-order valence-electron chi connectivity index (χ1n) is 7.01. The number of amides is 1. The highest BCUT2D eigenvalue weighted by Gasteiger charge is 2.22. The highest BCUT2D eigenvalue weighted by molar-refractivity contribution is 7.18. The lowest BCUT2D eigenvalue weighted by Crippen LogP contribution is -2.28. The molecular formula is C14H18N4O2S. The van der Waals surface area contributed by atoms with Crippen molar-refractivity contribution in [1.29, 1.82) is 0 Å². The Bertz CT molecular complexity index is 615. The zero-order chi connectivity index (χ0) is 14.8. The van der Waals surface area contributed by atoms with E-state index in [0.717, 1.165) is 41.8 Å². The standard InChI is InChI=1S/C14H18N4O2S/c15-14(20)13-11(18-9-1-3-10(19)4-2-9)5-12(21-13)8-6-16-17-7-8/h5-7,9-10,18-19H,1-4H2,(H2,15,20)(H,16,17). The average molecular weight is 306 g/mol. The molecule has 7 heteroatoms. The lowest BCUT2D eigenvalue weighted by atomic mass is 9.93. The number of aromatic amines is 1. The summed E-state index contributed by atoms with van der Waals surface area (Å²) in [6.07, 6.45) is 6.70. The number of carbonyl (C=O) groups is 1. The second-order valence-electron chi connectivity index (χ2n) is 5.35. The molecule has 2 aromatic heterocycles. The molecule has 0 spiro atoms. The van der Waals surface area contributed by atoms with Crippen molar-refractivity contribution < 1.29 is 9.90 Å². The van der Waals surface area contributed by atoms with Crippen molar-refractivity contribution in [3.05, 3.63) is 23.3 Å². The Labute approximate surface area is 126 Å². The van der Waals surface area contributed by atoms with Crippen LogP contribution in [-0.4, -0.2) is 33.4 Å². The minimum absolute atomic E-state index is 0.192. The minimum Gasteiger partial charge on any atom is -0.393 e. The normalized spacial score (nSPS) is 22.1. The van der Waals surface area contributed by atoms with Crippen LogP contribution >= 0.6 is 11.3 Å². The van der Waals surface area contributed by atoms with Gasteiger partial charge in [0.05, 0.1) is 18.0 Å². The third-order valence-electron chi connectivity index (χ3n) is 3.79. The van der Waals surface area contributed by atoms with Crippen molar-refractivity contribution in [2.75, 3.05) is 5.32 Å². The molecule has 0 aromatic carbocycles. The highest BCUT2D eigenvalue weighted by atomic mass is 32.1. The first-order valence-corrected chi connectivity index (χ1v) is 7.82. The Morgan fingerprint density at radius 3 is 2.81 bits per heavy atom. The summed E-state index contributed by atoms with van der Waals surface area (Å²) in [7, 11) is 0. The Morgan fingerprint density at radius 1 is 1.43 bits per heavy atom. The van der Waals surface area contributed by atoms with Gasteiger partial charge in [-0.3, -0.25) is 9.89 Å². The number of aliphatic hydroxyl groups excluding tert-OH is 1. The molecule has 0 radical (unpaired) electrons. The van der Waals surface area contributed by atoms with E-state index < -0.39 is 5.91 Å². The molecule has 0 bridgehead atoms. The predicted molar refractivity (Wildman–Crippen MR) is 82.3 cm³/mol. The van der Waals surface area contributed by atoms with Gasteiger partial charge in [0, 0.05) is 22.7 Å². The largest absolute Gasteiger partial charge is 0.393 e. The molecule has 0 saturated heterocycles. The molecule has 6 nitrogen and oxygen atoms in total. The van der Waals surface area contributed by atoms with Crippen LogP contribution in [0.15, 0.2) is 18.5 Å². The zero-order valence-electron chi connectivity index (χ0n) is 11.5.